The molecule has 1 aromatic carbocycles. The third-order valence-corrected chi connectivity index (χ3v) is 5.54. The Morgan fingerprint density at radius 2 is 1.92 bits per heavy atom. The standard InChI is InChI=1S/C25H28F3N5O3/c1-4-7-19(23-16(2)8-5-9-18(23)24(35)29-13-12-22(34)36-3)31-20-10-6-11-21(32-20)33-15-17(14-30-33)25(26,27)28/h5-6,8-11,14-15,19H,4,7,12-13H2,1-3H3,(H,29,35)(H,31,32). The largest absolute Gasteiger partial charge is 0.469 e. The zero-order valence-electron chi connectivity index (χ0n) is 20.2. The van der Waals surface area contributed by atoms with Crippen LogP contribution in [0.4, 0.5) is 19.0 Å². The topological polar surface area (TPSA) is 98.1 Å². The molecule has 0 saturated carbocycles. The molecule has 8 nitrogen and oxygen atoms in total. The number of hydrogen-bond donors (Lipinski definition) is 2. The van der Waals surface area contributed by atoms with Gasteiger partial charge in [-0.05, 0) is 42.7 Å². The lowest BCUT2D eigenvalue weighted by molar-refractivity contribution is -0.140. The number of pyridine rings is 1. The monoisotopic (exact) mass is 503 g/mol. The molecule has 3 rings (SSSR count). The highest BCUT2D eigenvalue weighted by molar-refractivity contribution is 5.96. The van der Waals surface area contributed by atoms with Gasteiger partial charge in [0.05, 0.1) is 31.3 Å². The molecule has 1 unspecified atom stereocenters. The van der Waals surface area contributed by atoms with Crippen molar-refractivity contribution in [3.63, 3.8) is 0 Å². The van der Waals surface area contributed by atoms with E-state index >= 15 is 0 Å². The first-order valence-corrected chi connectivity index (χ1v) is 11.4. The fourth-order valence-corrected chi connectivity index (χ4v) is 3.80. The molecule has 0 aliphatic carbocycles. The summed E-state index contributed by atoms with van der Waals surface area (Å²) in [5, 5.41) is 9.87. The molecule has 0 aliphatic rings. The van der Waals surface area contributed by atoms with Gasteiger partial charge in [0.2, 0.25) is 0 Å². The van der Waals surface area contributed by atoms with E-state index in [1.54, 1.807) is 30.3 Å². The number of methoxy groups -OCH3 is 1. The van der Waals surface area contributed by atoms with Crippen LogP contribution in [0.2, 0.25) is 0 Å². The molecule has 0 aliphatic heterocycles. The molecule has 0 fully saturated rings. The highest BCUT2D eigenvalue weighted by atomic mass is 19.4. The number of halogens is 3. The fourth-order valence-electron chi connectivity index (χ4n) is 3.80. The van der Waals surface area contributed by atoms with Crippen molar-refractivity contribution < 1.29 is 27.5 Å². The fraction of sp³-hybridized carbons (Fsp3) is 0.360. The van der Waals surface area contributed by atoms with E-state index in [0.717, 1.165) is 34.6 Å². The van der Waals surface area contributed by atoms with Crippen LogP contribution >= 0.6 is 0 Å². The SMILES string of the molecule is CCCC(Nc1cccc(-n2cc(C(F)(F)F)cn2)n1)c1c(C)cccc1C(=O)NCCC(=O)OC. The second-order valence-corrected chi connectivity index (χ2v) is 8.16. The molecule has 0 spiro atoms. The predicted octanol–water partition coefficient (Wildman–Crippen LogP) is 4.84. The van der Waals surface area contributed by atoms with E-state index in [2.05, 4.69) is 25.5 Å². The third kappa shape index (κ3) is 6.61. The minimum Gasteiger partial charge on any atom is -0.469 e. The van der Waals surface area contributed by atoms with Gasteiger partial charge in [0.25, 0.3) is 5.91 Å². The Morgan fingerprint density at radius 1 is 1.17 bits per heavy atom. The Morgan fingerprint density at radius 3 is 2.58 bits per heavy atom. The molecular formula is C25H28F3N5O3. The van der Waals surface area contributed by atoms with Crippen LogP contribution in [0.5, 0.6) is 0 Å². The lowest BCUT2D eigenvalue weighted by Crippen LogP contribution is -2.28. The molecule has 1 atom stereocenters. The van der Waals surface area contributed by atoms with Crippen LogP contribution in [0, 0.1) is 6.92 Å². The van der Waals surface area contributed by atoms with Crippen LogP contribution in [-0.2, 0) is 15.7 Å². The maximum atomic E-state index is 13.0. The van der Waals surface area contributed by atoms with Crippen molar-refractivity contribution in [3.05, 3.63) is 71.0 Å². The van der Waals surface area contributed by atoms with Gasteiger partial charge in [0.15, 0.2) is 5.82 Å². The second-order valence-electron chi connectivity index (χ2n) is 8.16. The molecule has 192 valence electrons. The van der Waals surface area contributed by atoms with Crippen LogP contribution in [0.3, 0.4) is 0 Å². The lowest BCUT2D eigenvalue weighted by Gasteiger charge is -2.24. The molecule has 3 aromatic rings. The number of nitrogens with one attached hydrogen (secondary N) is 2. The Balaban J connectivity index is 1.87. The van der Waals surface area contributed by atoms with Crippen LogP contribution in [-0.4, -0.2) is 40.3 Å². The van der Waals surface area contributed by atoms with Crippen LogP contribution in [0.25, 0.3) is 5.82 Å². The summed E-state index contributed by atoms with van der Waals surface area (Å²) < 4.78 is 44.6. The second kappa shape index (κ2) is 11.7. The van der Waals surface area contributed by atoms with Crippen molar-refractivity contribution in [2.24, 2.45) is 0 Å². The molecule has 0 bridgehead atoms. The number of hydrogen-bond acceptors (Lipinski definition) is 6. The van der Waals surface area contributed by atoms with E-state index in [1.165, 1.54) is 7.11 Å². The van der Waals surface area contributed by atoms with Crippen molar-refractivity contribution in [1.82, 2.24) is 20.1 Å². The van der Waals surface area contributed by atoms with Gasteiger partial charge in [-0.2, -0.15) is 18.3 Å². The van der Waals surface area contributed by atoms with E-state index in [9.17, 15) is 22.8 Å². The van der Waals surface area contributed by atoms with Crippen molar-refractivity contribution in [3.8, 4) is 5.82 Å². The summed E-state index contributed by atoms with van der Waals surface area (Å²) in [4.78, 5) is 28.8. The molecule has 0 radical (unpaired) electrons. The summed E-state index contributed by atoms with van der Waals surface area (Å²) in [5.41, 5.74) is 1.26. The zero-order chi connectivity index (χ0) is 26.3. The number of carbonyl (C=O) groups excluding carboxylic acids is 2. The molecule has 0 saturated heterocycles. The predicted molar refractivity (Wildman–Crippen MR) is 128 cm³/mol. The smallest absolute Gasteiger partial charge is 0.419 e. The first-order chi connectivity index (χ1) is 17.1. The minimum atomic E-state index is -4.50. The van der Waals surface area contributed by atoms with E-state index in [-0.39, 0.29) is 30.7 Å². The van der Waals surface area contributed by atoms with Gasteiger partial charge >= 0.3 is 12.1 Å². The van der Waals surface area contributed by atoms with Crippen LogP contribution < -0.4 is 10.6 Å². The average molecular weight is 504 g/mol. The summed E-state index contributed by atoms with van der Waals surface area (Å²) in [6.45, 7) is 4.05. The molecule has 2 aromatic heterocycles. The molecule has 11 heteroatoms. The summed E-state index contributed by atoms with van der Waals surface area (Å²) in [6, 6.07) is 10.0. The third-order valence-electron chi connectivity index (χ3n) is 5.54. The number of esters is 1. The Labute approximate surface area is 206 Å². The van der Waals surface area contributed by atoms with Crippen molar-refractivity contribution in [1.29, 1.82) is 0 Å². The number of aromatic nitrogens is 3. The van der Waals surface area contributed by atoms with Gasteiger partial charge in [-0.3, -0.25) is 9.59 Å². The number of anilines is 1. The van der Waals surface area contributed by atoms with Crippen molar-refractivity contribution >= 4 is 17.7 Å². The zero-order valence-corrected chi connectivity index (χ0v) is 20.2. The summed E-state index contributed by atoms with van der Waals surface area (Å²) in [6.07, 6.45) is -1.35. The first kappa shape index (κ1) is 26.7. The highest BCUT2D eigenvalue weighted by Gasteiger charge is 2.32. The average Bonchev–Trinajstić information content (AvgIpc) is 3.35. The molecule has 1 amide bonds. The van der Waals surface area contributed by atoms with Crippen LogP contribution in [0.15, 0.2) is 48.8 Å². The van der Waals surface area contributed by atoms with Gasteiger partial charge in [-0.25, -0.2) is 9.67 Å². The van der Waals surface area contributed by atoms with E-state index < -0.39 is 17.7 Å². The lowest BCUT2D eigenvalue weighted by atomic mass is 9.92. The van der Waals surface area contributed by atoms with Crippen LogP contribution in [0.1, 0.15) is 59.3 Å². The Kier molecular flexibility index (Phi) is 8.68. The summed E-state index contributed by atoms with van der Waals surface area (Å²) in [7, 11) is 1.29. The number of rotatable bonds is 10. The van der Waals surface area contributed by atoms with Gasteiger partial charge in [-0.1, -0.05) is 31.5 Å². The van der Waals surface area contributed by atoms with Gasteiger partial charge in [0, 0.05) is 18.3 Å². The van der Waals surface area contributed by atoms with Crippen molar-refractivity contribution in [2.75, 3.05) is 19.0 Å². The number of aryl methyl sites for hydroxylation is 1. The summed E-state index contributed by atoms with van der Waals surface area (Å²) in [5.74, 6) is -0.0964. The van der Waals surface area contributed by atoms with E-state index in [1.807, 2.05) is 19.9 Å². The Bertz CT molecular complexity index is 1210. The highest BCUT2D eigenvalue weighted by Crippen LogP contribution is 2.31. The quantitative estimate of drug-likeness (QED) is 0.384. The molecule has 2 heterocycles. The van der Waals surface area contributed by atoms with Gasteiger partial charge in [-0.15, -0.1) is 0 Å². The molecule has 36 heavy (non-hydrogen) atoms. The minimum absolute atomic E-state index is 0.0558. The number of alkyl halides is 3. The summed E-state index contributed by atoms with van der Waals surface area (Å²) >= 11 is 0. The number of nitrogens with zero attached hydrogens (tertiary/aromatic N) is 3. The number of carbonyl (C=O) groups is 2. The van der Waals surface area contributed by atoms with E-state index in [0.29, 0.717) is 17.8 Å². The number of ether oxygens (including phenoxy) is 1. The van der Waals surface area contributed by atoms with Gasteiger partial charge in [0.1, 0.15) is 5.82 Å². The van der Waals surface area contributed by atoms with Crippen molar-refractivity contribution in [2.45, 2.75) is 45.3 Å². The Hall–Kier alpha value is -3.89. The molecular weight excluding hydrogens is 475 g/mol. The maximum Gasteiger partial charge on any atom is 0.419 e. The first-order valence-electron chi connectivity index (χ1n) is 11.4. The number of benzene rings is 1. The number of amides is 1. The van der Waals surface area contributed by atoms with E-state index in [4.69, 9.17) is 0 Å². The normalized spacial score (nSPS) is 12.2. The molecule has 2 N–H and O–H groups in total. The van der Waals surface area contributed by atoms with Gasteiger partial charge < -0.3 is 15.4 Å². The maximum absolute atomic E-state index is 13.0.